The van der Waals surface area contributed by atoms with Crippen molar-refractivity contribution >= 4 is 23.4 Å². The molecule has 3 aromatic rings. The van der Waals surface area contributed by atoms with Crippen molar-refractivity contribution in [3.63, 3.8) is 0 Å². The molecule has 22 heavy (non-hydrogen) atoms. The molecule has 1 aromatic carbocycles. The van der Waals surface area contributed by atoms with E-state index in [9.17, 15) is 4.39 Å². The molecule has 0 bridgehead atoms. The summed E-state index contributed by atoms with van der Waals surface area (Å²) in [5, 5.41) is 0.931. The summed E-state index contributed by atoms with van der Waals surface area (Å²) in [6, 6.07) is 9.84. The van der Waals surface area contributed by atoms with E-state index < -0.39 is 0 Å². The fraction of sp³-hybridized carbons (Fsp3) is 0.0625. The molecular weight excluding hydrogens is 321 g/mol. The van der Waals surface area contributed by atoms with Gasteiger partial charge >= 0.3 is 0 Å². The highest BCUT2D eigenvalue weighted by Crippen LogP contribution is 2.36. The van der Waals surface area contributed by atoms with Crippen molar-refractivity contribution in [1.82, 2.24) is 15.0 Å². The fourth-order valence-corrected chi connectivity index (χ4v) is 2.79. The molecule has 0 aliphatic carbocycles. The molecule has 0 saturated carbocycles. The van der Waals surface area contributed by atoms with E-state index in [0.29, 0.717) is 21.6 Å². The van der Waals surface area contributed by atoms with Crippen LogP contribution in [0.4, 0.5) is 4.39 Å². The average molecular weight is 332 g/mol. The highest BCUT2D eigenvalue weighted by atomic mass is 35.5. The van der Waals surface area contributed by atoms with Crippen LogP contribution >= 0.6 is 23.4 Å². The van der Waals surface area contributed by atoms with Gasteiger partial charge in [0.2, 0.25) is 0 Å². The second kappa shape index (κ2) is 6.42. The zero-order chi connectivity index (χ0) is 15.5. The minimum absolute atomic E-state index is 0.299. The quantitative estimate of drug-likeness (QED) is 0.395. The first kappa shape index (κ1) is 14.9. The van der Waals surface area contributed by atoms with Crippen molar-refractivity contribution < 1.29 is 4.39 Å². The van der Waals surface area contributed by atoms with E-state index in [0.717, 1.165) is 11.1 Å². The third-order valence-corrected chi connectivity index (χ3v) is 3.93. The Morgan fingerprint density at radius 1 is 0.955 bits per heavy atom. The number of thioether (sulfide) groups is 1. The number of hydrogen-bond acceptors (Lipinski definition) is 4. The highest BCUT2D eigenvalue weighted by Gasteiger charge is 2.16. The van der Waals surface area contributed by atoms with Crippen LogP contribution in [-0.2, 0) is 0 Å². The standard InChI is InChI=1S/C16H11ClFN3S/c1-22-16-20-14(11-6-8-19-9-7-11)13(15(17)21-16)10-2-4-12(18)5-3-10/h2-9H,1H3. The first-order valence-electron chi connectivity index (χ1n) is 6.47. The van der Waals surface area contributed by atoms with Crippen molar-refractivity contribution in [3.05, 3.63) is 59.8 Å². The molecule has 0 spiro atoms. The van der Waals surface area contributed by atoms with Crippen LogP contribution in [0, 0.1) is 5.82 Å². The van der Waals surface area contributed by atoms with Crippen LogP contribution in [0.25, 0.3) is 22.4 Å². The van der Waals surface area contributed by atoms with Crippen LogP contribution in [0.5, 0.6) is 0 Å². The summed E-state index contributed by atoms with van der Waals surface area (Å²) in [6.45, 7) is 0. The second-order valence-corrected chi connectivity index (χ2v) is 5.60. The van der Waals surface area contributed by atoms with Gasteiger partial charge in [0.25, 0.3) is 0 Å². The molecule has 0 amide bonds. The molecule has 3 rings (SSSR count). The largest absolute Gasteiger partial charge is 0.265 e. The Bertz CT molecular complexity index is 794. The molecule has 0 fully saturated rings. The van der Waals surface area contributed by atoms with Crippen LogP contribution < -0.4 is 0 Å². The van der Waals surface area contributed by atoms with Gasteiger partial charge in [0.1, 0.15) is 11.0 Å². The third kappa shape index (κ3) is 2.96. The van der Waals surface area contributed by atoms with Crippen molar-refractivity contribution in [2.45, 2.75) is 5.16 Å². The van der Waals surface area contributed by atoms with Crippen molar-refractivity contribution in [2.75, 3.05) is 6.26 Å². The maximum Gasteiger partial charge on any atom is 0.189 e. The SMILES string of the molecule is CSc1nc(Cl)c(-c2ccc(F)cc2)c(-c2ccncc2)n1. The van der Waals surface area contributed by atoms with Crippen LogP contribution in [0.1, 0.15) is 0 Å². The van der Waals surface area contributed by atoms with Gasteiger partial charge in [-0.3, -0.25) is 4.98 Å². The smallest absolute Gasteiger partial charge is 0.189 e. The Balaban J connectivity index is 2.26. The predicted molar refractivity (Wildman–Crippen MR) is 87.4 cm³/mol. The molecule has 2 heterocycles. The van der Waals surface area contributed by atoms with Gasteiger partial charge in [-0.25, -0.2) is 14.4 Å². The van der Waals surface area contributed by atoms with E-state index in [4.69, 9.17) is 11.6 Å². The van der Waals surface area contributed by atoms with E-state index in [-0.39, 0.29) is 5.82 Å². The van der Waals surface area contributed by atoms with Gasteiger partial charge in [-0.1, -0.05) is 35.5 Å². The maximum absolute atomic E-state index is 13.2. The molecule has 0 unspecified atom stereocenters. The number of nitrogens with zero attached hydrogens (tertiary/aromatic N) is 3. The molecule has 0 aliphatic rings. The zero-order valence-corrected chi connectivity index (χ0v) is 13.2. The minimum atomic E-state index is -0.299. The van der Waals surface area contributed by atoms with Gasteiger partial charge < -0.3 is 0 Å². The minimum Gasteiger partial charge on any atom is -0.265 e. The number of rotatable bonds is 3. The van der Waals surface area contributed by atoms with Gasteiger partial charge in [-0.15, -0.1) is 0 Å². The lowest BCUT2D eigenvalue weighted by molar-refractivity contribution is 0.628. The summed E-state index contributed by atoms with van der Waals surface area (Å²) < 4.78 is 13.2. The van der Waals surface area contributed by atoms with E-state index in [1.54, 1.807) is 24.5 Å². The van der Waals surface area contributed by atoms with Crippen LogP contribution in [-0.4, -0.2) is 21.2 Å². The molecular formula is C16H11ClFN3S. The lowest BCUT2D eigenvalue weighted by Gasteiger charge is -2.12. The third-order valence-electron chi connectivity index (χ3n) is 3.11. The van der Waals surface area contributed by atoms with Crippen LogP contribution in [0.15, 0.2) is 53.9 Å². The van der Waals surface area contributed by atoms with Crippen molar-refractivity contribution in [3.8, 4) is 22.4 Å². The molecule has 0 N–H and O–H groups in total. The summed E-state index contributed by atoms with van der Waals surface area (Å²) in [7, 11) is 0. The van der Waals surface area contributed by atoms with Gasteiger partial charge in [0.05, 0.1) is 5.69 Å². The monoisotopic (exact) mass is 331 g/mol. The van der Waals surface area contributed by atoms with E-state index >= 15 is 0 Å². The average Bonchev–Trinajstić information content (AvgIpc) is 2.56. The number of pyridine rings is 1. The Kier molecular flexibility index (Phi) is 4.36. The van der Waals surface area contributed by atoms with Gasteiger partial charge in [-0.2, -0.15) is 0 Å². The Morgan fingerprint density at radius 3 is 2.27 bits per heavy atom. The van der Waals surface area contributed by atoms with E-state index in [1.807, 2.05) is 18.4 Å². The number of halogens is 2. The highest BCUT2D eigenvalue weighted by molar-refractivity contribution is 7.98. The van der Waals surface area contributed by atoms with E-state index in [2.05, 4.69) is 15.0 Å². The van der Waals surface area contributed by atoms with Crippen molar-refractivity contribution in [1.29, 1.82) is 0 Å². The number of benzene rings is 1. The zero-order valence-electron chi connectivity index (χ0n) is 11.6. The lowest BCUT2D eigenvalue weighted by atomic mass is 10.0. The fourth-order valence-electron chi connectivity index (χ4n) is 2.10. The Hall–Kier alpha value is -1.98. The summed E-state index contributed by atoms with van der Waals surface area (Å²) in [6.07, 6.45) is 5.27. The second-order valence-electron chi connectivity index (χ2n) is 4.47. The molecule has 0 aliphatic heterocycles. The summed E-state index contributed by atoms with van der Waals surface area (Å²) in [5.74, 6) is -0.299. The molecule has 0 atom stereocenters. The molecule has 3 nitrogen and oxygen atoms in total. The molecule has 0 radical (unpaired) electrons. The summed E-state index contributed by atoms with van der Waals surface area (Å²) >= 11 is 7.78. The maximum atomic E-state index is 13.2. The molecule has 2 aromatic heterocycles. The summed E-state index contributed by atoms with van der Waals surface area (Å²) in [5.41, 5.74) is 3.05. The lowest BCUT2D eigenvalue weighted by Crippen LogP contribution is -1.97. The first-order valence-corrected chi connectivity index (χ1v) is 8.07. The van der Waals surface area contributed by atoms with Crippen molar-refractivity contribution in [2.24, 2.45) is 0 Å². The van der Waals surface area contributed by atoms with Gasteiger partial charge in [-0.05, 0) is 36.1 Å². The molecule has 0 saturated heterocycles. The predicted octanol–water partition coefficient (Wildman–Crippen LogP) is 4.72. The number of aromatic nitrogens is 3. The Labute approximate surface area is 136 Å². The topological polar surface area (TPSA) is 38.7 Å². The summed E-state index contributed by atoms with van der Waals surface area (Å²) in [4.78, 5) is 12.9. The van der Waals surface area contributed by atoms with Crippen LogP contribution in [0.2, 0.25) is 5.15 Å². The van der Waals surface area contributed by atoms with E-state index in [1.165, 1.54) is 23.9 Å². The normalized spacial score (nSPS) is 10.7. The number of hydrogen-bond donors (Lipinski definition) is 0. The van der Waals surface area contributed by atoms with Crippen LogP contribution in [0.3, 0.4) is 0 Å². The molecule has 110 valence electrons. The first-order chi connectivity index (χ1) is 10.7. The Morgan fingerprint density at radius 2 is 1.64 bits per heavy atom. The van der Waals surface area contributed by atoms with Gasteiger partial charge in [0.15, 0.2) is 5.16 Å². The molecule has 6 heteroatoms. The van der Waals surface area contributed by atoms with Gasteiger partial charge in [0, 0.05) is 23.5 Å².